The Kier molecular flexibility index (Phi) is 3.01. The molecule has 1 atom stereocenters. The number of nitro groups is 1. The van der Waals surface area contributed by atoms with Crippen molar-refractivity contribution < 1.29 is 14.5 Å². The van der Waals surface area contributed by atoms with Gasteiger partial charge < -0.3 is 4.74 Å². The summed E-state index contributed by atoms with van der Waals surface area (Å²) in [6.07, 6.45) is 0.690. The number of hydrogen-bond donors (Lipinski definition) is 0. The number of ether oxygens (including phenoxy) is 1. The monoisotopic (exact) mass is 286 g/mol. The predicted molar refractivity (Wildman–Crippen MR) is 75.6 cm³/mol. The Bertz CT molecular complexity index is 633. The van der Waals surface area contributed by atoms with Gasteiger partial charge in [0.1, 0.15) is 6.23 Å². The number of ketones is 1. The molecule has 0 N–H and O–H groups in total. The summed E-state index contributed by atoms with van der Waals surface area (Å²) in [5.41, 5.74) is 0.970. The lowest BCUT2D eigenvalue weighted by Crippen LogP contribution is -2.26. The molecule has 0 spiro atoms. The van der Waals surface area contributed by atoms with Crippen LogP contribution < -0.4 is 0 Å². The first-order chi connectivity index (χ1) is 9.89. The van der Waals surface area contributed by atoms with Crippen LogP contribution in [0, 0.1) is 21.8 Å². The maximum Gasteiger partial charge on any atom is 0.161 e. The molecule has 0 amide bonds. The molecule has 0 saturated heterocycles. The maximum atomic E-state index is 12.5. The van der Waals surface area contributed by atoms with Gasteiger partial charge in [-0.25, -0.2) is 0 Å². The normalized spacial score (nSPS) is 23.8. The minimum atomic E-state index is -0.681. The molecule has 1 aliphatic heterocycles. The van der Waals surface area contributed by atoms with Gasteiger partial charge in [0.25, 0.3) is 0 Å². The molecule has 3 rings (SSSR count). The van der Waals surface area contributed by atoms with Gasteiger partial charge in [-0.1, -0.05) is 54.7 Å². The standard InChI is InChI=1S/C16H16NO4/c1-16(2)8-11(18)14-12(9-16)21-15(17(19)20)13(14)10-6-4-3-5-7-10/h3-7,13H,8-9H2,1-2H3/q-1. The first-order valence-corrected chi connectivity index (χ1v) is 6.89. The van der Waals surface area contributed by atoms with Crippen LogP contribution in [-0.2, 0) is 9.53 Å². The van der Waals surface area contributed by atoms with Crippen molar-refractivity contribution in [3.05, 3.63) is 63.6 Å². The van der Waals surface area contributed by atoms with Gasteiger partial charge in [0.05, 0.1) is 5.76 Å². The Morgan fingerprint density at radius 1 is 1.29 bits per heavy atom. The fourth-order valence-electron chi connectivity index (χ4n) is 3.10. The minimum Gasteiger partial charge on any atom is -0.578 e. The molecular formula is C16H16NO4-. The number of carbonyl (C=O) groups is 1. The van der Waals surface area contributed by atoms with Crippen LogP contribution in [0.2, 0.25) is 0 Å². The van der Waals surface area contributed by atoms with Gasteiger partial charge in [-0.3, -0.25) is 14.9 Å². The second kappa shape index (κ2) is 4.62. The van der Waals surface area contributed by atoms with E-state index in [9.17, 15) is 14.9 Å². The van der Waals surface area contributed by atoms with E-state index < -0.39 is 10.8 Å². The first-order valence-electron chi connectivity index (χ1n) is 6.89. The van der Waals surface area contributed by atoms with Crippen LogP contribution in [0.3, 0.4) is 0 Å². The highest BCUT2D eigenvalue weighted by Crippen LogP contribution is 2.51. The van der Waals surface area contributed by atoms with Crippen molar-refractivity contribution in [3.8, 4) is 0 Å². The summed E-state index contributed by atoms with van der Waals surface area (Å²) in [7, 11) is 0. The van der Waals surface area contributed by atoms with E-state index in [1.165, 1.54) is 0 Å². The Morgan fingerprint density at radius 2 is 1.95 bits per heavy atom. The second-order valence-corrected chi connectivity index (χ2v) is 6.32. The van der Waals surface area contributed by atoms with Crippen LogP contribution in [0.25, 0.3) is 0 Å². The second-order valence-electron chi connectivity index (χ2n) is 6.32. The van der Waals surface area contributed by atoms with Crippen molar-refractivity contribution in [3.63, 3.8) is 0 Å². The van der Waals surface area contributed by atoms with Crippen molar-refractivity contribution in [1.29, 1.82) is 0 Å². The van der Waals surface area contributed by atoms with Gasteiger partial charge in [0.15, 0.2) is 5.78 Å². The van der Waals surface area contributed by atoms with E-state index in [0.29, 0.717) is 24.2 Å². The molecule has 0 bridgehead atoms. The van der Waals surface area contributed by atoms with Gasteiger partial charge >= 0.3 is 0 Å². The first kappa shape index (κ1) is 13.7. The smallest absolute Gasteiger partial charge is 0.161 e. The van der Waals surface area contributed by atoms with Crippen LogP contribution in [0.4, 0.5) is 0 Å². The van der Waals surface area contributed by atoms with Crippen molar-refractivity contribution >= 4 is 5.78 Å². The highest BCUT2D eigenvalue weighted by atomic mass is 16.7. The molecule has 1 aromatic carbocycles. The highest BCUT2D eigenvalue weighted by molar-refractivity contribution is 5.99. The summed E-state index contributed by atoms with van der Waals surface area (Å²) in [4.78, 5) is 23.3. The number of rotatable bonds is 2. The van der Waals surface area contributed by atoms with Crippen molar-refractivity contribution in [1.82, 2.24) is 0 Å². The molecule has 0 radical (unpaired) electrons. The quantitative estimate of drug-likeness (QED) is 0.475. The number of carbonyl (C=O) groups excluding carboxylic acids is 1. The number of allylic oxidation sites excluding steroid dienone is 1. The number of nitrogens with zero attached hydrogens (tertiary/aromatic N) is 1. The van der Waals surface area contributed by atoms with Crippen LogP contribution >= 0.6 is 0 Å². The third-order valence-corrected chi connectivity index (χ3v) is 3.96. The van der Waals surface area contributed by atoms with Gasteiger partial charge in [0, 0.05) is 24.3 Å². The van der Waals surface area contributed by atoms with E-state index in [2.05, 4.69) is 0 Å². The fraction of sp³-hybridized carbons (Fsp3) is 0.375. The third kappa shape index (κ3) is 2.28. The van der Waals surface area contributed by atoms with Crippen molar-refractivity contribution in [2.75, 3.05) is 0 Å². The molecule has 5 heteroatoms. The molecule has 1 heterocycles. The molecule has 2 aliphatic rings. The van der Waals surface area contributed by atoms with E-state index >= 15 is 0 Å². The average Bonchev–Trinajstić information content (AvgIpc) is 2.77. The average molecular weight is 286 g/mol. The van der Waals surface area contributed by atoms with Gasteiger partial charge in [-0.2, -0.15) is 0 Å². The Balaban J connectivity index is 2.08. The Labute approximate surface area is 122 Å². The zero-order valence-corrected chi connectivity index (χ0v) is 12.0. The third-order valence-electron chi connectivity index (χ3n) is 3.96. The molecule has 1 aliphatic carbocycles. The zero-order valence-electron chi connectivity index (χ0n) is 12.0. The molecule has 0 aromatic heterocycles. The van der Waals surface area contributed by atoms with Crippen molar-refractivity contribution in [2.45, 2.75) is 32.6 Å². The minimum absolute atomic E-state index is 0.0491. The number of hydrogen-bond acceptors (Lipinski definition) is 4. The molecule has 0 fully saturated rings. The van der Waals surface area contributed by atoms with Crippen LogP contribution in [0.5, 0.6) is 0 Å². The zero-order chi connectivity index (χ0) is 15.2. The van der Waals surface area contributed by atoms with Gasteiger partial charge in [0.2, 0.25) is 0 Å². The van der Waals surface area contributed by atoms with E-state index in [1.54, 1.807) is 12.1 Å². The van der Waals surface area contributed by atoms with E-state index in [4.69, 9.17) is 4.74 Å². The summed E-state index contributed by atoms with van der Waals surface area (Å²) in [5.74, 6) is -0.261. The van der Waals surface area contributed by atoms with Crippen LogP contribution in [0.15, 0.2) is 41.7 Å². The molecule has 0 saturated carbocycles. The summed E-state index contributed by atoms with van der Waals surface area (Å²) in [6, 6.07) is 9.04. The lowest BCUT2D eigenvalue weighted by Gasteiger charge is -2.30. The van der Waals surface area contributed by atoms with Gasteiger partial charge in [-0.15, -0.1) is 0 Å². The molecule has 1 aromatic rings. The van der Waals surface area contributed by atoms with E-state index in [1.807, 2.05) is 32.0 Å². The lowest BCUT2D eigenvalue weighted by atomic mass is 9.73. The fourth-order valence-corrected chi connectivity index (χ4v) is 3.10. The van der Waals surface area contributed by atoms with Crippen molar-refractivity contribution in [2.24, 2.45) is 5.41 Å². The highest BCUT2D eigenvalue weighted by Gasteiger charge is 2.44. The summed E-state index contributed by atoms with van der Waals surface area (Å²) in [6.45, 7) is 3.94. The summed E-state index contributed by atoms with van der Waals surface area (Å²) >= 11 is 0. The topological polar surface area (TPSA) is 69.4 Å². The lowest BCUT2D eigenvalue weighted by molar-refractivity contribution is -0.507. The molecule has 110 valence electrons. The van der Waals surface area contributed by atoms with E-state index in [0.717, 1.165) is 5.56 Å². The Hall–Kier alpha value is -2.30. The molecule has 1 unspecified atom stereocenters. The largest absolute Gasteiger partial charge is 0.578 e. The molecule has 5 nitrogen and oxygen atoms in total. The molecule has 21 heavy (non-hydrogen) atoms. The number of Topliss-reactive ketones (excluding diaryl/α,β-unsaturated/α-hetero) is 1. The van der Waals surface area contributed by atoms with E-state index in [-0.39, 0.29) is 17.4 Å². The number of benzene rings is 1. The van der Waals surface area contributed by atoms with Crippen LogP contribution in [-0.4, -0.2) is 10.7 Å². The van der Waals surface area contributed by atoms with Crippen LogP contribution in [0.1, 0.15) is 38.2 Å². The Morgan fingerprint density at radius 3 is 2.57 bits per heavy atom. The maximum absolute atomic E-state index is 12.5. The summed E-state index contributed by atoms with van der Waals surface area (Å²) < 4.78 is 5.48. The SMILES string of the molecule is CC1(C)CC(=O)C2=C(C1)O[C-]([N+](=O)[O-])C2c1ccccc1. The van der Waals surface area contributed by atoms with Gasteiger partial charge in [-0.05, 0) is 5.41 Å². The summed E-state index contributed by atoms with van der Waals surface area (Å²) in [5, 5.41) is 11.3. The molecular weight excluding hydrogens is 270 g/mol. The predicted octanol–water partition coefficient (Wildman–Crippen LogP) is 3.21.